The first kappa shape index (κ1) is 22.7. The van der Waals surface area contributed by atoms with Crippen LogP contribution in [-0.4, -0.2) is 29.2 Å². The first-order chi connectivity index (χ1) is 16.0. The van der Waals surface area contributed by atoms with Crippen LogP contribution in [0.25, 0.3) is 0 Å². The minimum atomic E-state index is -0.435. The summed E-state index contributed by atoms with van der Waals surface area (Å²) < 4.78 is 12.9. The molecule has 0 radical (unpaired) electrons. The normalized spacial score (nSPS) is 14.8. The van der Waals surface area contributed by atoms with Crippen LogP contribution in [0.15, 0.2) is 71.1 Å². The number of fused-ring (bicyclic) bond motifs is 1. The average molecular weight is 464 g/mol. The van der Waals surface area contributed by atoms with Crippen LogP contribution in [0.3, 0.4) is 0 Å². The molecule has 33 heavy (non-hydrogen) atoms. The average Bonchev–Trinajstić information content (AvgIpc) is 2.84. The molecule has 4 rings (SSSR count). The van der Waals surface area contributed by atoms with Crippen molar-refractivity contribution in [3.8, 4) is 11.5 Å². The molecule has 0 fully saturated rings. The number of nitrogens with one attached hydrogen (secondary N) is 1. The van der Waals surface area contributed by atoms with Gasteiger partial charge in [0.05, 0.1) is 12.7 Å². The molecular weight excluding hydrogens is 438 g/mol. The molecule has 0 saturated heterocycles. The highest BCUT2D eigenvalue weighted by Gasteiger charge is 2.32. The molecule has 7 nitrogen and oxygen atoms in total. The number of rotatable bonds is 8. The maximum Gasteiger partial charge on any atom is 0.279 e. The number of carbonyl (C=O) groups is 1. The molecule has 0 bridgehead atoms. The number of nitrogens with zero attached hydrogens (tertiary/aromatic N) is 2. The number of carbonyl (C=O) groups excluding carboxylic acids is 1. The number of methoxy groups -OCH3 is 1. The van der Waals surface area contributed by atoms with E-state index in [1.807, 2.05) is 49.5 Å². The van der Waals surface area contributed by atoms with Gasteiger partial charge in [-0.1, -0.05) is 60.8 Å². The summed E-state index contributed by atoms with van der Waals surface area (Å²) in [5.74, 6) is 1.66. The highest BCUT2D eigenvalue weighted by molar-refractivity contribution is 7.98. The summed E-state index contributed by atoms with van der Waals surface area (Å²) >= 11 is 1.46. The Morgan fingerprint density at radius 1 is 1.21 bits per heavy atom. The van der Waals surface area contributed by atoms with Crippen molar-refractivity contribution >= 4 is 23.5 Å². The van der Waals surface area contributed by atoms with Crippen molar-refractivity contribution < 1.29 is 14.3 Å². The van der Waals surface area contributed by atoms with E-state index in [1.165, 1.54) is 11.8 Å². The molecule has 1 aliphatic rings. The topological polar surface area (TPSA) is 82.5 Å². The van der Waals surface area contributed by atoms with Crippen LogP contribution in [0.1, 0.15) is 29.0 Å². The molecule has 1 amide bonds. The SMILES string of the molecule is C=CCOc1ccc([C@@H]2CC(=O)Nc3c2c(=O)nc(SCc2ccccc2)n3C)cc1OC. The van der Waals surface area contributed by atoms with Crippen LogP contribution in [0.5, 0.6) is 11.5 Å². The van der Waals surface area contributed by atoms with E-state index in [4.69, 9.17) is 9.47 Å². The number of aromatic nitrogens is 2. The molecule has 170 valence electrons. The zero-order valence-corrected chi connectivity index (χ0v) is 19.4. The quantitative estimate of drug-likeness (QED) is 0.307. The van der Waals surface area contributed by atoms with E-state index in [9.17, 15) is 9.59 Å². The van der Waals surface area contributed by atoms with Gasteiger partial charge < -0.3 is 19.4 Å². The van der Waals surface area contributed by atoms with Crippen molar-refractivity contribution in [1.29, 1.82) is 0 Å². The van der Waals surface area contributed by atoms with Gasteiger partial charge in [0.1, 0.15) is 12.4 Å². The fourth-order valence-corrected chi connectivity index (χ4v) is 4.76. The number of anilines is 1. The van der Waals surface area contributed by atoms with Crippen LogP contribution in [-0.2, 0) is 17.6 Å². The minimum Gasteiger partial charge on any atom is -0.493 e. The van der Waals surface area contributed by atoms with Gasteiger partial charge in [0.2, 0.25) is 5.91 Å². The Kier molecular flexibility index (Phi) is 6.84. The van der Waals surface area contributed by atoms with E-state index in [0.717, 1.165) is 11.1 Å². The number of thioether (sulfide) groups is 1. The monoisotopic (exact) mass is 463 g/mol. The number of benzene rings is 2. The van der Waals surface area contributed by atoms with Crippen molar-refractivity contribution in [2.75, 3.05) is 19.0 Å². The van der Waals surface area contributed by atoms with E-state index >= 15 is 0 Å². The van der Waals surface area contributed by atoms with Gasteiger partial charge in [0.25, 0.3) is 5.56 Å². The van der Waals surface area contributed by atoms with Gasteiger partial charge in [-0.05, 0) is 23.3 Å². The molecule has 1 atom stereocenters. The lowest BCUT2D eigenvalue weighted by Gasteiger charge is -2.28. The summed E-state index contributed by atoms with van der Waals surface area (Å²) in [4.78, 5) is 30.1. The molecular formula is C25H25N3O4S. The number of amides is 1. The third kappa shape index (κ3) is 4.80. The van der Waals surface area contributed by atoms with Gasteiger partial charge in [-0.15, -0.1) is 0 Å². The summed E-state index contributed by atoms with van der Waals surface area (Å²) in [5, 5.41) is 3.43. The molecule has 0 unspecified atom stereocenters. The Morgan fingerprint density at radius 2 is 2.00 bits per heavy atom. The lowest BCUT2D eigenvalue weighted by molar-refractivity contribution is -0.116. The van der Waals surface area contributed by atoms with Gasteiger partial charge in [0.15, 0.2) is 16.7 Å². The maximum absolute atomic E-state index is 13.1. The Balaban J connectivity index is 1.70. The van der Waals surface area contributed by atoms with Crippen LogP contribution in [0.4, 0.5) is 5.82 Å². The lowest BCUT2D eigenvalue weighted by Crippen LogP contribution is -2.33. The zero-order valence-electron chi connectivity index (χ0n) is 18.5. The Labute approximate surface area is 196 Å². The van der Waals surface area contributed by atoms with Crippen molar-refractivity contribution in [3.63, 3.8) is 0 Å². The smallest absolute Gasteiger partial charge is 0.279 e. The van der Waals surface area contributed by atoms with Gasteiger partial charge in [0, 0.05) is 25.1 Å². The minimum absolute atomic E-state index is 0.149. The van der Waals surface area contributed by atoms with Crippen LogP contribution < -0.4 is 20.3 Å². The molecule has 0 aliphatic carbocycles. The molecule has 1 aliphatic heterocycles. The number of ether oxygens (including phenoxy) is 2. The van der Waals surface area contributed by atoms with Crippen LogP contribution in [0, 0.1) is 0 Å². The van der Waals surface area contributed by atoms with Gasteiger partial charge in [-0.3, -0.25) is 9.59 Å². The highest BCUT2D eigenvalue weighted by Crippen LogP contribution is 2.39. The fraction of sp³-hybridized carbons (Fsp3) is 0.240. The number of hydrogen-bond acceptors (Lipinski definition) is 6. The van der Waals surface area contributed by atoms with Crippen molar-refractivity contribution in [1.82, 2.24) is 9.55 Å². The molecule has 0 spiro atoms. The van der Waals surface area contributed by atoms with E-state index in [0.29, 0.717) is 40.4 Å². The molecule has 2 heterocycles. The largest absolute Gasteiger partial charge is 0.493 e. The standard InChI is InChI=1S/C25H25N3O4S/c1-4-12-32-19-11-10-17(13-20(19)31-3)18-14-21(29)26-23-22(18)24(30)27-25(28(23)2)33-15-16-8-6-5-7-9-16/h4-11,13,18H,1,12,14-15H2,2-3H3,(H,26,29)/t18-/m0/s1. The van der Waals surface area contributed by atoms with Crippen LogP contribution >= 0.6 is 11.8 Å². The Hall–Kier alpha value is -3.52. The third-order valence-corrected chi connectivity index (χ3v) is 6.56. The first-order valence-corrected chi connectivity index (χ1v) is 11.5. The van der Waals surface area contributed by atoms with E-state index in [1.54, 1.807) is 23.8 Å². The Morgan fingerprint density at radius 3 is 2.73 bits per heavy atom. The molecule has 2 aromatic carbocycles. The van der Waals surface area contributed by atoms with Gasteiger partial charge >= 0.3 is 0 Å². The lowest BCUT2D eigenvalue weighted by atomic mass is 9.86. The molecule has 1 aromatic heterocycles. The second-order valence-electron chi connectivity index (χ2n) is 7.61. The summed E-state index contributed by atoms with van der Waals surface area (Å²) in [6.45, 7) is 4.00. The van der Waals surface area contributed by atoms with E-state index in [-0.39, 0.29) is 17.9 Å². The van der Waals surface area contributed by atoms with E-state index in [2.05, 4.69) is 16.9 Å². The summed E-state index contributed by atoms with van der Waals surface area (Å²) in [6.07, 6.45) is 1.80. The second kappa shape index (κ2) is 9.95. The van der Waals surface area contributed by atoms with Gasteiger partial charge in [-0.2, -0.15) is 4.98 Å². The molecule has 1 N–H and O–H groups in total. The molecule has 8 heteroatoms. The zero-order chi connectivity index (χ0) is 23.4. The predicted molar refractivity (Wildman–Crippen MR) is 129 cm³/mol. The third-order valence-electron chi connectivity index (χ3n) is 5.46. The van der Waals surface area contributed by atoms with E-state index < -0.39 is 5.92 Å². The maximum atomic E-state index is 13.1. The highest BCUT2D eigenvalue weighted by atomic mass is 32.2. The predicted octanol–water partition coefficient (Wildman–Crippen LogP) is 4.12. The summed E-state index contributed by atoms with van der Waals surface area (Å²) in [6, 6.07) is 15.4. The van der Waals surface area contributed by atoms with Gasteiger partial charge in [-0.25, -0.2) is 0 Å². The molecule has 3 aromatic rings. The van der Waals surface area contributed by atoms with Crippen LogP contribution in [0.2, 0.25) is 0 Å². The van der Waals surface area contributed by atoms with Crippen molar-refractivity contribution in [2.24, 2.45) is 7.05 Å². The second-order valence-corrected chi connectivity index (χ2v) is 8.55. The summed E-state index contributed by atoms with van der Waals surface area (Å²) in [7, 11) is 3.37. The first-order valence-electron chi connectivity index (χ1n) is 10.5. The van der Waals surface area contributed by atoms with Crippen molar-refractivity contribution in [2.45, 2.75) is 23.2 Å². The molecule has 0 saturated carbocycles. The Bertz CT molecular complexity index is 1240. The number of hydrogen-bond donors (Lipinski definition) is 1. The van der Waals surface area contributed by atoms with Crippen molar-refractivity contribution in [3.05, 3.63) is 88.2 Å². The summed E-state index contributed by atoms with van der Waals surface area (Å²) in [5.41, 5.74) is 2.05. The fourth-order valence-electron chi connectivity index (χ4n) is 3.84.